The summed E-state index contributed by atoms with van der Waals surface area (Å²) in [6.45, 7) is 5.74. The van der Waals surface area contributed by atoms with E-state index < -0.39 is 6.04 Å². The van der Waals surface area contributed by atoms with Crippen LogP contribution < -0.4 is 11.1 Å². The van der Waals surface area contributed by atoms with Gasteiger partial charge in [-0.1, -0.05) is 13.8 Å². The van der Waals surface area contributed by atoms with Crippen molar-refractivity contribution >= 4 is 11.7 Å². The third-order valence-electron chi connectivity index (χ3n) is 2.39. The minimum absolute atomic E-state index is 0.120. The maximum Gasteiger partial charge on any atom is 0.242 e. The van der Waals surface area contributed by atoms with Gasteiger partial charge < -0.3 is 11.1 Å². The normalized spacial score (nSPS) is 12.9. The van der Waals surface area contributed by atoms with Crippen molar-refractivity contribution in [2.24, 2.45) is 18.7 Å². The zero-order valence-electron chi connectivity index (χ0n) is 9.61. The molecule has 1 heterocycles. The Kier molecular flexibility index (Phi) is 3.47. The highest BCUT2D eigenvalue weighted by Crippen LogP contribution is 2.08. The van der Waals surface area contributed by atoms with Gasteiger partial charge in [0.25, 0.3) is 0 Å². The Balaban J connectivity index is 2.66. The second-order valence-electron chi connectivity index (χ2n) is 4.05. The summed E-state index contributed by atoms with van der Waals surface area (Å²) >= 11 is 0. The molecule has 0 aliphatic carbocycles. The van der Waals surface area contributed by atoms with Gasteiger partial charge in [0.1, 0.15) is 0 Å². The van der Waals surface area contributed by atoms with Gasteiger partial charge in [-0.2, -0.15) is 5.10 Å². The lowest BCUT2D eigenvalue weighted by atomic mass is 10.1. The lowest BCUT2D eigenvalue weighted by Gasteiger charge is -2.13. The maximum atomic E-state index is 11.6. The Morgan fingerprint density at radius 2 is 2.20 bits per heavy atom. The molecule has 0 saturated carbocycles. The quantitative estimate of drug-likeness (QED) is 0.769. The fraction of sp³-hybridized carbons (Fsp3) is 0.600. The molecule has 5 heteroatoms. The molecule has 1 amide bonds. The first kappa shape index (κ1) is 11.7. The molecule has 84 valence electrons. The van der Waals surface area contributed by atoms with E-state index in [1.807, 2.05) is 33.9 Å². The highest BCUT2D eigenvalue weighted by molar-refractivity contribution is 5.94. The minimum Gasteiger partial charge on any atom is -0.320 e. The van der Waals surface area contributed by atoms with Gasteiger partial charge in [0, 0.05) is 18.8 Å². The van der Waals surface area contributed by atoms with Gasteiger partial charge in [0.05, 0.1) is 6.04 Å². The van der Waals surface area contributed by atoms with Crippen molar-refractivity contribution in [1.29, 1.82) is 0 Å². The SMILES string of the molecule is Cc1cc(NC(=O)[C@H](N)C(C)C)nn1C. The van der Waals surface area contributed by atoms with Crippen molar-refractivity contribution in [2.75, 3.05) is 5.32 Å². The number of nitrogens with two attached hydrogens (primary N) is 1. The lowest BCUT2D eigenvalue weighted by Crippen LogP contribution is -2.39. The third kappa shape index (κ3) is 2.79. The molecular formula is C10H18N4O. The Morgan fingerprint density at radius 3 is 2.60 bits per heavy atom. The van der Waals surface area contributed by atoms with Crippen LogP contribution in [0.25, 0.3) is 0 Å². The molecule has 0 aliphatic rings. The topological polar surface area (TPSA) is 72.9 Å². The van der Waals surface area contributed by atoms with Crippen molar-refractivity contribution in [2.45, 2.75) is 26.8 Å². The van der Waals surface area contributed by atoms with Crippen molar-refractivity contribution in [1.82, 2.24) is 9.78 Å². The summed E-state index contributed by atoms with van der Waals surface area (Å²) in [6, 6.07) is 1.32. The van der Waals surface area contributed by atoms with Crippen LogP contribution in [-0.4, -0.2) is 21.7 Å². The van der Waals surface area contributed by atoms with E-state index in [9.17, 15) is 4.79 Å². The summed E-state index contributed by atoms with van der Waals surface area (Å²) < 4.78 is 1.70. The molecule has 0 fully saturated rings. The number of hydrogen-bond donors (Lipinski definition) is 2. The van der Waals surface area contributed by atoms with Crippen LogP contribution in [0.2, 0.25) is 0 Å². The largest absolute Gasteiger partial charge is 0.320 e. The van der Waals surface area contributed by atoms with Crippen LogP contribution in [0.1, 0.15) is 19.5 Å². The average molecular weight is 210 g/mol. The van der Waals surface area contributed by atoms with Gasteiger partial charge in [-0.05, 0) is 12.8 Å². The summed E-state index contributed by atoms with van der Waals surface area (Å²) in [6.07, 6.45) is 0. The maximum absolute atomic E-state index is 11.6. The molecule has 1 aromatic heterocycles. The Morgan fingerprint density at radius 1 is 1.60 bits per heavy atom. The molecule has 0 radical (unpaired) electrons. The van der Waals surface area contributed by atoms with Crippen molar-refractivity contribution in [3.63, 3.8) is 0 Å². The molecule has 0 aliphatic heterocycles. The number of anilines is 1. The predicted molar refractivity (Wildman–Crippen MR) is 59.4 cm³/mol. The van der Waals surface area contributed by atoms with E-state index in [4.69, 9.17) is 5.73 Å². The van der Waals surface area contributed by atoms with E-state index in [1.165, 1.54) is 0 Å². The zero-order valence-corrected chi connectivity index (χ0v) is 9.61. The molecule has 0 aromatic carbocycles. The number of aryl methyl sites for hydroxylation is 2. The first-order valence-electron chi connectivity index (χ1n) is 4.99. The number of carbonyl (C=O) groups excluding carboxylic acids is 1. The van der Waals surface area contributed by atoms with Crippen LogP contribution >= 0.6 is 0 Å². The molecular weight excluding hydrogens is 192 g/mol. The first-order chi connectivity index (χ1) is 6.91. The molecule has 0 spiro atoms. The van der Waals surface area contributed by atoms with E-state index in [0.29, 0.717) is 5.82 Å². The molecule has 5 nitrogen and oxygen atoms in total. The molecule has 0 unspecified atom stereocenters. The minimum atomic E-state index is -0.493. The van der Waals surface area contributed by atoms with Crippen molar-refractivity contribution in [3.05, 3.63) is 11.8 Å². The van der Waals surface area contributed by atoms with E-state index in [2.05, 4.69) is 10.4 Å². The van der Waals surface area contributed by atoms with E-state index >= 15 is 0 Å². The third-order valence-corrected chi connectivity index (χ3v) is 2.39. The van der Waals surface area contributed by atoms with Crippen LogP contribution in [0.3, 0.4) is 0 Å². The van der Waals surface area contributed by atoms with Crippen LogP contribution in [-0.2, 0) is 11.8 Å². The standard InChI is InChI=1S/C10H18N4O/c1-6(2)9(11)10(15)12-8-5-7(3)14(4)13-8/h5-6,9H,11H2,1-4H3,(H,12,13,15)/t9-/m1/s1. The van der Waals surface area contributed by atoms with E-state index in [-0.39, 0.29) is 11.8 Å². The summed E-state index contributed by atoms with van der Waals surface area (Å²) in [5.41, 5.74) is 6.70. The number of amides is 1. The summed E-state index contributed by atoms with van der Waals surface area (Å²) in [5, 5.41) is 6.81. The molecule has 1 atom stereocenters. The number of nitrogens with one attached hydrogen (secondary N) is 1. The van der Waals surface area contributed by atoms with Gasteiger partial charge >= 0.3 is 0 Å². The monoisotopic (exact) mass is 210 g/mol. The number of rotatable bonds is 3. The van der Waals surface area contributed by atoms with Crippen LogP contribution in [0.5, 0.6) is 0 Å². The molecule has 0 bridgehead atoms. The van der Waals surface area contributed by atoms with Gasteiger partial charge in [-0.3, -0.25) is 9.48 Å². The number of carbonyl (C=O) groups is 1. The van der Waals surface area contributed by atoms with E-state index in [0.717, 1.165) is 5.69 Å². The lowest BCUT2D eigenvalue weighted by molar-refractivity contribution is -0.118. The van der Waals surface area contributed by atoms with Gasteiger partial charge in [0.2, 0.25) is 5.91 Å². The van der Waals surface area contributed by atoms with Crippen molar-refractivity contribution < 1.29 is 4.79 Å². The summed E-state index contributed by atoms with van der Waals surface area (Å²) in [4.78, 5) is 11.6. The predicted octanol–water partition coefficient (Wildman–Crippen LogP) is 0.650. The number of nitrogens with zero attached hydrogens (tertiary/aromatic N) is 2. The molecule has 0 saturated heterocycles. The zero-order chi connectivity index (χ0) is 11.6. The van der Waals surface area contributed by atoms with Gasteiger partial charge in [0.15, 0.2) is 5.82 Å². The van der Waals surface area contributed by atoms with Gasteiger partial charge in [-0.25, -0.2) is 0 Å². The first-order valence-corrected chi connectivity index (χ1v) is 4.99. The fourth-order valence-corrected chi connectivity index (χ4v) is 1.13. The number of aromatic nitrogens is 2. The molecule has 15 heavy (non-hydrogen) atoms. The fourth-order valence-electron chi connectivity index (χ4n) is 1.13. The highest BCUT2D eigenvalue weighted by atomic mass is 16.2. The van der Waals surface area contributed by atoms with E-state index in [1.54, 1.807) is 4.68 Å². The Bertz CT molecular complexity index is 337. The molecule has 1 rings (SSSR count). The highest BCUT2D eigenvalue weighted by Gasteiger charge is 2.18. The smallest absolute Gasteiger partial charge is 0.242 e. The van der Waals surface area contributed by atoms with Crippen LogP contribution in [0.15, 0.2) is 6.07 Å². The Labute approximate surface area is 89.6 Å². The summed E-state index contributed by atoms with van der Waals surface area (Å²) in [7, 11) is 1.83. The average Bonchev–Trinajstić information content (AvgIpc) is 2.44. The molecule has 1 aromatic rings. The van der Waals surface area contributed by atoms with Crippen LogP contribution in [0.4, 0.5) is 5.82 Å². The molecule has 3 N–H and O–H groups in total. The van der Waals surface area contributed by atoms with Crippen LogP contribution in [0, 0.1) is 12.8 Å². The van der Waals surface area contributed by atoms with Crippen molar-refractivity contribution in [3.8, 4) is 0 Å². The number of hydrogen-bond acceptors (Lipinski definition) is 3. The second-order valence-corrected chi connectivity index (χ2v) is 4.05. The van der Waals surface area contributed by atoms with Gasteiger partial charge in [-0.15, -0.1) is 0 Å². The summed E-state index contributed by atoms with van der Waals surface area (Å²) in [5.74, 6) is 0.481. The second kappa shape index (κ2) is 4.44. The Hall–Kier alpha value is -1.36.